The summed E-state index contributed by atoms with van der Waals surface area (Å²) in [5, 5.41) is 1.59. The number of nitrogens with zero attached hydrogens (tertiary/aromatic N) is 2. The van der Waals surface area contributed by atoms with Crippen molar-refractivity contribution in [3.8, 4) is 33.6 Å². The molecule has 0 unspecified atom stereocenters. The van der Waals surface area contributed by atoms with E-state index in [0.717, 1.165) is 42.6 Å². The van der Waals surface area contributed by atoms with Gasteiger partial charge in [-0.05, 0) is 63.2 Å². The minimum Gasteiger partial charge on any atom is 0 e. The Kier molecular flexibility index (Phi) is 8.50. The van der Waals surface area contributed by atoms with Crippen molar-refractivity contribution in [2.24, 2.45) is 5.41 Å². The van der Waals surface area contributed by atoms with Crippen LogP contribution in [-0.2, 0) is 26.5 Å². The van der Waals surface area contributed by atoms with Gasteiger partial charge in [0.15, 0.2) is 0 Å². The van der Waals surface area contributed by atoms with E-state index in [1.54, 1.807) is 30.5 Å². The Hall–Kier alpha value is -3.41. The molecule has 3 aromatic heterocycles. The molecule has 0 aliphatic carbocycles. The van der Waals surface area contributed by atoms with Crippen molar-refractivity contribution in [2.75, 3.05) is 0 Å². The van der Waals surface area contributed by atoms with Crippen LogP contribution in [-0.4, -0.2) is 23.2 Å². The smallest absolute Gasteiger partial charge is 0 e. The molecule has 4 aromatic carbocycles. The minimum absolute atomic E-state index is 0. The summed E-state index contributed by atoms with van der Waals surface area (Å²) in [6, 6.07) is 36.3. The van der Waals surface area contributed by atoms with E-state index in [1.807, 2.05) is 87.6 Å². The fourth-order valence-corrected chi connectivity index (χ4v) is 8.76. The molecule has 7 aromatic rings. The molecule has 3 heterocycles. The molecule has 0 aliphatic heterocycles. The average Bonchev–Trinajstić information content (AvgIpc) is 3.51. The van der Waals surface area contributed by atoms with Gasteiger partial charge in [0.1, 0.15) is 0 Å². The number of fused-ring (bicyclic) bond motifs is 3. The van der Waals surface area contributed by atoms with Crippen molar-refractivity contribution in [3.05, 3.63) is 138 Å². The number of hydrogen-bond acceptors (Lipinski definition) is 3. The predicted octanol–water partition coefficient (Wildman–Crippen LogP) is 11.9. The normalized spacial score (nSPS) is 14.8. The van der Waals surface area contributed by atoms with Crippen molar-refractivity contribution < 1.29 is 31.1 Å². The Bertz CT molecular complexity index is 2430. The summed E-state index contributed by atoms with van der Waals surface area (Å²) in [5.41, 5.74) is 5.29. The molecule has 0 amide bonds. The van der Waals surface area contributed by atoms with Crippen LogP contribution < -0.4 is 4.40 Å². The molecule has 0 N–H and O–H groups in total. The quantitative estimate of drug-likeness (QED) is 0.127. The van der Waals surface area contributed by atoms with Crippen molar-refractivity contribution in [1.82, 2.24) is 9.97 Å². The van der Waals surface area contributed by atoms with Gasteiger partial charge in [-0.15, -0.1) is 23.8 Å². The maximum absolute atomic E-state index is 8.63. The van der Waals surface area contributed by atoms with Gasteiger partial charge >= 0.3 is 110 Å². The molecule has 0 saturated heterocycles. The molecule has 0 atom stereocenters. The van der Waals surface area contributed by atoms with E-state index in [2.05, 4.69) is 45.4 Å². The summed E-state index contributed by atoms with van der Waals surface area (Å²) < 4.78 is 67.5. The van der Waals surface area contributed by atoms with Crippen LogP contribution in [0.25, 0.3) is 53.8 Å². The molecule has 2 nitrogen and oxygen atoms in total. The van der Waals surface area contributed by atoms with Crippen LogP contribution >= 0.6 is 11.3 Å². The van der Waals surface area contributed by atoms with Gasteiger partial charge in [-0.2, -0.15) is 11.3 Å². The maximum atomic E-state index is 8.63. The third kappa shape index (κ3) is 8.85. The first-order chi connectivity index (χ1) is 26.1. The second kappa shape index (κ2) is 15.2. The van der Waals surface area contributed by atoms with E-state index < -0.39 is 38.8 Å². The monoisotopic (exact) mass is 907 g/mol. The summed E-state index contributed by atoms with van der Waals surface area (Å²) in [6.07, 6.45) is 2.05. The number of thiophene rings is 1. The zero-order valence-electron chi connectivity index (χ0n) is 36.5. The van der Waals surface area contributed by atoms with Crippen LogP contribution in [0.5, 0.6) is 0 Å². The van der Waals surface area contributed by atoms with Crippen LogP contribution in [0.4, 0.5) is 0 Å². The number of hydrogen-bond donors (Lipinski definition) is 0. The maximum Gasteiger partial charge on any atom is 0 e. The molecule has 0 bridgehead atoms. The van der Waals surface area contributed by atoms with Gasteiger partial charge in [0.25, 0.3) is 0 Å². The SMILES string of the molecule is [2H]C([2H])([2H])c1c(-c2ccccc2)ccc2sc3[c-]c(-c4cc(C([2H])([2H])C(C)(C)C)ccn4)ccc3c12.[2H]C([2H])([2H])c1c[c-]c(-c2cc[c]([Ge]([CH3])([CH3])[CH3])cn2)cc1.[Ir]. The molecular formula is C44H44GeIrN2S-2. The first kappa shape index (κ1) is 27.3. The Morgan fingerprint density at radius 2 is 1.63 bits per heavy atom. The standard InChI is InChI=1S/C29H26NS.C15H18GeN.Ir/c1-19-23(21-8-6-5-7-9-21)12-13-26-28(19)24-11-10-22(17-27(24)31-26)25-16-20(14-15-30-25)18-29(2,3)4;1-12-5-7-13(8-6-12)15-10-9-14(11-17-15)16(2,3)4;/h5-16H,18H2,1-4H3;5-7,9-11H,1-4H3;/q2*-1;/i1D3,18D2;1D3;. The van der Waals surface area contributed by atoms with Crippen LogP contribution in [0.2, 0.25) is 17.3 Å². The van der Waals surface area contributed by atoms with Gasteiger partial charge in [0.05, 0.1) is 0 Å². The first-order valence-electron chi connectivity index (χ1n) is 20.0. The number of benzene rings is 4. The molecule has 0 aliphatic rings. The fraction of sp³-hybridized carbons (Fsp3) is 0.227. The number of pyridine rings is 2. The summed E-state index contributed by atoms with van der Waals surface area (Å²) in [5.74, 6) is 6.98. The molecule has 7 rings (SSSR count). The van der Waals surface area contributed by atoms with Crippen LogP contribution in [0.3, 0.4) is 0 Å². The topological polar surface area (TPSA) is 25.8 Å². The zero-order chi connectivity index (χ0) is 40.8. The van der Waals surface area contributed by atoms with Gasteiger partial charge in [-0.3, -0.25) is 0 Å². The zero-order valence-corrected chi connectivity index (χ0v) is 33.8. The third-order valence-corrected chi connectivity index (χ3v) is 13.3. The Morgan fingerprint density at radius 3 is 2.29 bits per heavy atom. The van der Waals surface area contributed by atoms with Crippen molar-refractivity contribution >= 4 is 49.2 Å². The number of rotatable bonds is 5. The second-order valence-corrected chi connectivity index (χ2v) is 25.6. The molecule has 251 valence electrons. The Balaban J connectivity index is 0.000000251. The van der Waals surface area contributed by atoms with Crippen molar-refractivity contribution in [1.29, 1.82) is 0 Å². The number of aryl methyl sites for hydroxylation is 2. The van der Waals surface area contributed by atoms with Crippen LogP contribution in [0, 0.1) is 31.3 Å². The van der Waals surface area contributed by atoms with E-state index in [9.17, 15) is 0 Å². The molecule has 0 saturated carbocycles. The predicted molar refractivity (Wildman–Crippen MR) is 211 cm³/mol. The van der Waals surface area contributed by atoms with Crippen molar-refractivity contribution in [2.45, 2.75) is 58.1 Å². The second-order valence-electron chi connectivity index (χ2n) is 13.9. The minimum atomic E-state index is -2.29. The van der Waals surface area contributed by atoms with Crippen molar-refractivity contribution in [3.63, 3.8) is 0 Å². The van der Waals surface area contributed by atoms with Gasteiger partial charge in [0, 0.05) is 37.9 Å². The molecule has 1 radical (unpaired) electrons. The Labute approximate surface area is 324 Å². The van der Waals surface area contributed by atoms with Gasteiger partial charge in [0.2, 0.25) is 0 Å². The summed E-state index contributed by atoms with van der Waals surface area (Å²) in [4.78, 5) is 8.98. The number of aromatic nitrogens is 2. The van der Waals surface area contributed by atoms with Gasteiger partial charge in [-0.1, -0.05) is 74.2 Å². The molecule has 0 fully saturated rings. The van der Waals surface area contributed by atoms with E-state index >= 15 is 0 Å². The van der Waals surface area contributed by atoms with E-state index in [1.165, 1.54) is 21.8 Å². The fourth-order valence-electron chi connectivity index (χ4n) is 5.47. The molecule has 5 heteroatoms. The summed E-state index contributed by atoms with van der Waals surface area (Å²) in [6.45, 7) is 1.29. The first-order valence-corrected chi connectivity index (χ1v) is 24.2. The molecule has 0 spiro atoms. The summed E-state index contributed by atoms with van der Waals surface area (Å²) >= 11 is -0.320. The van der Waals surface area contributed by atoms with Crippen LogP contribution in [0.1, 0.15) is 48.4 Å². The Morgan fingerprint density at radius 1 is 0.837 bits per heavy atom. The largest absolute Gasteiger partial charge is 0 e. The average molecular weight is 906 g/mol. The third-order valence-electron chi connectivity index (χ3n) is 7.92. The van der Waals surface area contributed by atoms with E-state index in [-0.39, 0.29) is 20.1 Å². The molecular weight excluding hydrogens is 853 g/mol. The molecule has 49 heavy (non-hydrogen) atoms. The summed E-state index contributed by atoms with van der Waals surface area (Å²) in [7, 11) is 0. The van der Waals surface area contributed by atoms with Gasteiger partial charge < -0.3 is 4.98 Å². The van der Waals surface area contributed by atoms with Crippen LogP contribution in [0.15, 0.2) is 109 Å². The van der Waals surface area contributed by atoms with E-state index in [4.69, 9.17) is 11.0 Å². The van der Waals surface area contributed by atoms with Gasteiger partial charge in [-0.25, -0.2) is 0 Å². The van der Waals surface area contributed by atoms with E-state index in [0.29, 0.717) is 27.9 Å².